The monoisotopic (exact) mass is 280 g/mol. The van der Waals surface area contributed by atoms with Crippen molar-refractivity contribution in [1.82, 2.24) is 9.97 Å². The van der Waals surface area contributed by atoms with Gasteiger partial charge in [0.2, 0.25) is 0 Å². The van der Waals surface area contributed by atoms with Crippen molar-refractivity contribution in [2.45, 2.75) is 44.1 Å². The average molecular weight is 280 g/mol. The van der Waals surface area contributed by atoms with E-state index in [1.54, 1.807) is 0 Å². The predicted octanol–water partition coefficient (Wildman–Crippen LogP) is 3.21. The molecule has 4 rings (SSSR count). The van der Waals surface area contributed by atoms with E-state index < -0.39 is 0 Å². The van der Waals surface area contributed by atoms with Crippen molar-refractivity contribution in [3.8, 4) is 0 Å². The summed E-state index contributed by atoms with van der Waals surface area (Å²) in [6.07, 6.45) is 3.54. The maximum Gasteiger partial charge on any atom is 0.136 e. The molecule has 1 aromatic heterocycles. The van der Waals surface area contributed by atoms with Crippen LogP contribution in [0.15, 0.2) is 30.3 Å². The molecule has 2 aliphatic rings. The van der Waals surface area contributed by atoms with Crippen LogP contribution in [0.25, 0.3) is 0 Å². The quantitative estimate of drug-likeness (QED) is 0.902. The minimum Gasteiger partial charge on any atom is -0.383 e. The van der Waals surface area contributed by atoms with E-state index in [0.717, 1.165) is 23.6 Å². The van der Waals surface area contributed by atoms with Gasteiger partial charge < -0.3 is 11.1 Å². The standard InChI is InChI=1S/C17H20N4/c1-10-15(18)20-17(12-7-8-12)21-16(10)19-14-9-13(14)11-5-3-2-4-6-11/h2-6,12-14H,7-9H2,1H3,(H3,18,19,20,21). The number of rotatable bonds is 4. The molecule has 108 valence electrons. The number of nitrogens with zero attached hydrogens (tertiary/aromatic N) is 2. The number of aromatic nitrogens is 2. The Morgan fingerprint density at radius 3 is 2.62 bits per heavy atom. The van der Waals surface area contributed by atoms with Crippen LogP contribution >= 0.6 is 0 Å². The fourth-order valence-electron chi connectivity index (χ4n) is 2.82. The van der Waals surface area contributed by atoms with Crippen LogP contribution in [0.5, 0.6) is 0 Å². The molecule has 2 unspecified atom stereocenters. The van der Waals surface area contributed by atoms with Crippen LogP contribution in [-0.4, -0.2) is 16.0 Å². The molecule has 0 radical (unpaired) electrons. The Morgan fingerprint density at radius 1 is 1.14 bits per heavy atom. The molecule has 0 spiro atoms. The topological polar surface area (TPSA) is 63.8 Å². The van der Waals surface area contributed by atoms with Crippen LogP contribution in [0.4, 0.5) is 11.6 Å². The Kier molecular flexibility index (Phi) is 2.84. The lowest BCUT2D eigenvalue weighted by molar-refractivity contribution is 0.912. The highest BCUT2D eigenvalue weighted by Crippen LogP contribution is 2.44. The van der Waals surface area contributed by atoms with Crippen LogP contribution in [0.2, 0.25) is 0 Å². The Morgan fingerprint density at radius 2 is 1.90 bits per heavy atom. The van der Waals surface area contributed by atoms with E-state index in [-0.39, 0.29) is 0 Å². The van der Waals surface area contributed by atoms with E-state index in [1.807, 2.05) is 6.92 Å². The van der Waals surface area contributed by atoms with Gasteiger partial charge in [-0.2, -0.15) is 0 Å². The first-order chi connectivity index (χ1) is 10.2. The lowest BCUT2D eigenvalue weighted by Gasteiger charge is -2.12. The van der Waals surface area contributed by atoms with E-state index in [9.17, 15) is 0 Å². The molecular formula is C17H20N4. The number of anilines is 2. The molecule has 3 N–H and O–H groups in total. The van der Waals surface area contributed by atoms with Crippen molar-refractivity contribution < 1.29 is 0 Å². The second-order valence-electron chi connectivity index (χ2n) is 6.22. The summed E-state index contributed by atoms with van der Waals surface area (Å²) in [5.74, 6) is 3.57. The fourth-order valence-corrected chi connectivity index (χ4v) is 2.82. The van der Waals surface area contributed by atoms with Gasteiger partial charge in [-0.15, -0.1) is 0 Å². The first kappa shape index (κ1) is 12.6. The Bertz CT molecular complexity index is 664. The van der Waals surface area contributed by atoms with Crippen molar-refractivity contribution in [1.29, 1.82) is 0 Å². The molecule has 2 fully saturated rings. The lowest BCUT2D eigenvalue weighted by atomic mass is 10.1. The van der Waals surface area contributed by atoms with Gasteiger partial charge in [0.15, 0.2) is 0 Å². The zero-order valence-electron chi connectivity index (χ0n) is 12.2. The van der Waals surface area contributed by atoms with Crippen LogP contribution in [0.3, 0.4) is 0 Å². The summed E-state index contributed by atoms with van der Waals surface area (Å²) in [6.45, 7) is 1.99. The minimum atomic E-state index is 0.465. The highest BCUT2D eigenvalue weighted by Gasteiger charge is 2.39. The average Bonchev–Trinajstić information content (AvgIpc) is 3.38. The predicted molar refractivity (Wildman–Crippen MR) is 84.4 cm³/mol. The lowest BCUT2D eigenvalue weighted by Crippen LogP contribution is -2.11. The third-order valence-electron chi connectivity index (χ3n) is 4.48. The number of nitrogens with one attached hydrogen (secondary N) is 1. The zero-order valence-corrected chi connectivity index (χ0v) is 12.2. The summed E-state index contributed by atoms with van der Waals surface area (Å²) in [6, 6.07) is 11.1. The number of nitrogens with two attached hydrogens (primary N) is 1. The van der Waals surface area contributed by atoms with Gasteiger partial charge in [0.1, 0.15) is 17.5 Å². The maximum atomic E-state index is 6.04. The van der Waals surface area contributed by atoms with Crippen molar-refractivity contribution in [3.05, 3.63) is 47.3 Å². The fraction of sp³-hybridized carbons (Fsp3) is 0.412. The van der Waals surface area contributed by atoms with Crippen LogP contribution in [-0.2, 0) is 0 Å². The molecular weight excluding hydrogens is 260 g/mol. The zero-order chi connectivity index (χ0) is 14.4. The highest BCUT2D eigenvalue weighted by atomic mass is 15.1. The van der Waals surface area contributed by atoms with Crippen LogP contribution < -0.4 is 11.1 Å². The minimum absolute atomic E-state index is 0.465. The van der Waals surface area contributed by atoms with Gasteiger partial charge in [-0.3, -0.25) is 0 Å². The van der Waals surface area contributed by atoms with Gasteiger partial charge in [-0.05, 0) is 31.7 Å². The normalized spacial score (nSPS) is 23.9. The Hall–Kier alpha value is -2.10. The summed E-state index contributed by atoms with van der Waals surface area (Å²) in [5, 5.41) is 3.57. The molecule has 21 heavy (non-hydrogen) atoms. The summed E-state index contributed by atoms with van der Waals surface area (Å²) >= 11 is 0. The van der Waals surface area contributed by atoms with Gasteiger partial charge in [0.05, 0.1) is 0 Å². The molecule has 0 amide bonds. The molecule has 2 saturated carbocycles. The summed E-state index contributed by atoms with van der Waals surface area (Å²) in [4.78, 5) is 9.13. The molecule has 0 saturated heterocycles. The summed E-state index contributed by atoms with van der Waals surface area (Å²) in [5.41, 5.74) is 8.41. The summed E-state index contributed by atoms with van der Waals surface area (Å²) in [7, 11) is 0. The van der Waals surface area contributed by atoms with Gasteiger partial charge in [0, 0.05) is 23.4 Å². The van der Waals surface area contributed by atoms with E-state index >= 15 is 0 Å². The number of hydrogen-bond acceptors (Lipinski definition) is 4. The Balaban J connectivity index is 1.53. The van der Waals surface area contributed by atoms with Crippen molar-refractivity contribution >= 4 is 11.6 Å². The molecule has 4 heteroatoms. The van der Waals surface area contributed by atoms with E-state index in [1.165, 1.54) is 18.4 Å². The smallest absolute Gasteiger partial charge is 0.136 e. The van der Waals surface area contributed by atoms with Gasteiger partial charge in [0.25, 0.3) is 0 Å². The molecule has 2 atom stereocenters. The van der Waals surface area contributed by atoms with Crippen LogP contribution in [0.1, 0.15) is 48.0 Å². The molecule has 4 nitrogen and oxygen atoms in total. The van der Waals surface area contributed by atoms with E-state index in [0.29, 0.717) is 23.7 Å². The van der Waals surface area contributed by atoms with Gasteiger partial charge >= 0.3 is 0 Å². The Labute approximate surface area is 124 Å². The second kappa shape index (κ2) is 4.72. The first-order valence-electron chi connectivity index (χ1n) is 7.68. The molecule has 0 aliphatic heterocycles. The largest absolute Gasteiger partial charge is 0.383 e. The van der Waals surface area contributed by atoms with Crippen molar-refractivity contribution in [3.63, 3.8) is 0 Å². The van der Waals surface area contributed by atoms with E-state index in [4.69, 9.17) is 10.7 Å². The third kappa shape index (κ3) is 2.46. The summed E-state index contributed by atoms with van der Waals surface area (Å²) < 4.78 is 0. The SMILES string of the molecule is Cc1c(N)nc(C2CC2)nc1NC1CC1c1ccccc1. The van der Waals surface area contributed by atoms with Crippen LogP contribution in [0, 0.1) is 6.92 Å². The first-order valence-corrected chi connectivity index (χ1v) is 7.68. The molecule has 2 aromatic rings. The second-order valence-corrected chi connectivity index (χ2v) is 6.22. The molecule has 1 aromatic carbocycles. The van der Waals surface area contributed by atoms with Crippen molar-refractivity contribution in [2.75, 3.05) is 11.1 Å². The number of benzene rings is 1. The molecule has 0 bridgehead atoms. The maximum absolute atomic E-state index is 6.04. The van der Waals surface area contributed by atoms with Gasteiger partial charge in [-0.1, -0.05) is 30.3 Å². The van der Waals surface area contributed by atoms with E-state index in [2.05, 4.69) is 40.6 Å². The molecule has 2 aliphatic carbocycles. The van der Waals surface area contributed by atoms with Gasteiger partial charge in [-0.25, -0.2) is 9.97 Å². The molecule has 1 heterocycles. The number of hydrogen-bond donors (Lipinski definition) is 2. The van der Waals surface area contributed by atoms with Crippen molar-refractivity contribution in [2.24, 2.45) is 0 Å². The highest BCUT2D eigenvalue weighted by molar-refractivity contribution is 5.57. The number of nitrogen functional groups attached to an aromatic ring is 1. The third-order valence-corrected chi connectivity index (χ3v) is 4.48.